The van der Waals surface area contributed by atoms with Gasteiger partial charge in [-0.25, -0.2) is 4.68 Å². The number of rotatable bonds is 7. The number of para-hydroxylation sites is 1. The van der Waals surface area contributed by atoms with Crippen LogP contribution < -0.4 is 20.1 Å². The van der Waals surface area contributed by atoms with Crippen molar-refractivity contribution in [1.29, 1.82) is 0 Å². The molecule has 2 N–H and O–H groups in total. The van der Waals surface area contributed by atoms with Crippen LogP contribution in [0.5, 0.6) is 11.5 Å². The number of nitrogens with zero attached hydrogens (tertiary/aromatic N) is 2. The molecular formula is C22H22N4O4. The highest BCUT2D eigenvalue weighted by molar-refractivity contribution is 6.08. The number of carbonyl (C=O) groups excluding carboxylic acids is 2. The number of anilines is 1. The number of hydrogen-bond acceptors (Lipinski definition) is 5. The van der Waals surface area contributed by atoms with Gasteiger partial charge in [0.2, 0.25) is 0 Å². The van der Waals surface area contributed by atoms with Gasteiger partial charge in [0.25, 0.3) is 11.8 Å². The van der Waals surface area contributed by atoms with E-state index in [2.05, 4.69) is 15.7 Å². The number of nitrogens with one attached hydrogen (secondary N) is 2. The minimum absolute atomic E-state index is 0.213. The summed E-state index contributed by atoms with van der Waals surface area (Å²) < 4.78 is 12.5. The lowest BCUT2D eigenvalue weighted by atomic mass is 10.1. The fourth-order valence-corrected chi connectivity index (χ4v) is 3.15. The first-order chi connectivity index (χ1) is 14.6. The fourth-order valence-electron chi connectivity index (χ4n) is 3.15. The summed E-state index contributed by atoms with van der Waals surface area (Å²) in [4.78, 5) is 25.7. The Bertz CT molecular complexity index is 1070. The molecule has 1 fully saturated rings. The molecule has 0 atom stereocenters. The lowest BCUT2D eigenvalue weighted by molar-refractivity contribution is 0.0949. The van der Waals surface area contributed by atoms with E-state index in [1.54, 1.807) is 53.5 Å². The maximum atomic E-state index is 13.1. The highest BCUT2D eigenvalue weighted by Crippen LogP contribution is 2.37. The molecule has 0 radical (unpaired) electrons. The first kappa shape index (κ1) is 19.5. The van der Waals surface area contributed by atoms with Crippen LogP contribution in [-0.4, -0.2) is 41.9 Å². The molecule has 154 valence electrons. The van der Waals surface area contributed by atoms with Gasteiger partial charge < -0.3 is 20.1 Å². The third-order valence-corrected chi connectivity index (χ3v) is 4.80. The lowest BCUT2D eigenvalue weighted by Gasteiger charge is -2.16. The molecule has 30 heavy (non-hydrogen) atoms. The van der Waals surface area contributed by atoms with Gasteiger partial charge in [-0.2, -0.15) is 5.10 Å². The minimum atomic E-state index is -0.360. The Morgan fingerprint density at radius 1 is 1.07 bits per heavy atom. The third kappa shape index (κ3) is 3.98. The van der Waals surface area contributed by atoms with Gasteiger partial charge in [-0.05, 0) is 43.2 Å². The van der Waals surface area contributed by atoms with E-state index in [0.717, 1.165) is 12.8 Å². The molecule has 3 aromatic rings. The van der Waals surface area contributed by atoms with Crippen LogP contribution in [0.2, 0.25) is 0 Å². The van der Waals surface area contributed by atoms with E-state index >= 15 is 0 Å². The van der Waals surface area contributed by atoms with Crippen molar-refractivity contribution in [1.82, 2.24) is 15.1 Å². The minimum Gasteiger partial charge on any atom is -0.493 e. The Morgan fingerprint density at radius 3 is 2.53 bits per heavy atom. The molecular weight excluding hydrogens is 384 g/mol. The summed E-state index contributed by atoms with van der Waals surface area (Å²) in [6.45, 7) is 0. The maximum Gasteiger partial charge on any atom is 0.257 e. The van der Waals surface area contributed by atoms with E-state index in [4.69, 9.17) is 9.47 Å². The highest BCUT2D eigenvalue weighted by atomic mass is 16.5. The zero-order valence-electron chi connectivity index (χ0n) is 16.7. The van der Waals surface area contributed by atoms with Crippen molar-refractivity contribution in [2.24, 2.45) is 0 Å². The molecule has 0 bridgehead atoms. The number of benzene rings is 2. The summed E-state index contributed by atoms with van der Waals surface area (Å²) in [5, 5.41) is 10.0. The molecule has 1 heterocycles. The molecule has 2 aromatic carbocycles. The van der Waals surface area contributed by atoms with Gasteiger partial charge in [0.05, 0.1) is 31.2 Å². The summed E-state index contributed by atoms with van der Waals surface area (Å²) in [5.41, 5.74) is 1.79. The zero-order valence-corrected chi connectivity index (χ0v) is 16.7. The van der Waals surface area contributed by atoms with Crippen molar-refractivity contribution < 1.29 is 19.1 Å². The van der Waals surface area contributed by atoms with Gasteiger partial charge in [-0.1, -0.05) is 12.1 Å². The van der Waals surface area contributed by atoms with Gasteiger partial charge in [0.1, 0.15) is 0 Å². The number of methoxy groups -OCH3 is 2. The van der Waals surface area contributed by atoms with Crippen molar-refractivity contribution in [2.75, 3.05) is 19.5 Å². The Labute approximate surface area is 173 Å². The largest absolute Gasteiger partial charge is 0.493 e. The van der Waals surface area contributed by atoms with Gasteiger partial charge in [-0.3, -0.25) is 9.59 Å². The maximum absolute atomic E-state index is 13.1. The van der Waals surface area contributed by atoms with Crippen LogP contribution in [0.25, 0.3) is 5.69 Å². The smallest absolute Gasteiger partial charge is 0.257 e. The first-order valence-electron chi connectivity index (χ1n) is 9.58. The van der Waals surface area contributed by atoms with Crippen LogP contribution in [0.15, 0.2) is 54.9 Å². The second-order valence-electron chi connectivity index (χ2n) is 6.93. The van der Waals surface area contributed by atoms with E-state index in [1.165, 1.54) is 14.2 Å². The molecule has 0 aliphatic heterocycles. The number of aromatic nitrogens is 2. The Balaban J connectivity index is 1.68. The lowest BCUT2D eigenvalue weighted by Crippen LogP contribution is -2.25. The van der Waals surface area contributed by atoms with Crippen molar-refractivity contribution in [2.45, 2.75) is 18.9 Å². The van der Waals surface area contributed by atoms with E-state index in [0.29, 0.717) is 34.0 Å². The molecule has 1 aromatic heterocycles. The summed E-state index contributed by atoms with van der Waals surface area (Å²) in [6, 6.07) is 12.3. The van der Waals surface area contributed by atoms with E-state index in [9.17, 15) is 9.59 Å². The Hall–Kier alpha value is -3.81. The van der Waals surface area contributed by atoms with Gasteiger partial charge in [-0.15, -0.1) is 0 Å². The summed E-state index contributed by atoms with van der Waals surface area (Å²) >= 11 is 0. The molecule has 0 spiro atoms. The van der Waals surface area contributed by atoms with Gasteiger partial charge in [0, 0.05) is 24.0 Å². The molecule has 1 aliphatic carbocycles. The number of carbonyl (C=O) groups is 2. The van der Waals surface area contributed by atoms with Crippen LogP contribution in [-0.2, 0) is 0 Å². The topological polar surface area (TPSA) is 94.5 Å². The average Bonchev–Trinajstić information content (AvgIpc) is 3.41. The normalized spacial score (nSPS) is 12.9. The molecule has 8 nitrogen and oxygen atoms in total. The van der Waals surface area contributed by atoms with Crippen molar-refractivity contribution in [3.05, 3.63) is 66.0 Å². The second kappa shape index (κ2) is 8.28. The van der Waals surface area contributed by atoms with Crippen molar-refractivity contribution in [3.63, 3.8) is 0 Å². The summed E-state index contributed by atoms with van der Waals surface area (Å²) in [7, 11) is 2.97. The van der Waals surface area contributed by atoms with Crippen LogP contribution in [0.4, 0.5) is 5.69 Å². The van der Waals surface area contributed by atoms with Crippen LogP contribution in [0.3, 0.4) is 0 Å². The van der Waals surface area contributed by atoms with Crippen LogP contribution in [0, 0.1) is 0 Å². The fraction of sp³-hybridized carbons (Fsp3) is 0.227. The summed E-state index contributed by atoms with van der Waals surface area (Å²) in [5.74, 6) is 0.120. The second-order valence-corrected chi connectivity index (χ2v) is 6.93. The molecule has 8 heteroatoms. The van der Waals surface area contributed by atoms with E-state index in [1.807, 2.05) is 6.07 Å². The SMILES string of the molecule is COc1cc(C(=O)NC2CC2)cc(NC(=O)c2ccccc2-n2cccn2)c1OC. The monoisotopic (exact) mass is 406 g/mol. The standard InChI is InChI=1S/C22H22N4O4/c1-29-19-13-14(21(27)24-15-8-9-15)12-17(20(19)30-2)25-22(28)16-6-3-4-7-18(16)26-11-5-10-23-26/h3-7,10-13,15H,8-9H2,1-2H3,(H,24,27)(H,25,28). The highest BCUT2D eigenvalue weighted by Gasteiger charge is 2.25. The number of ether oxygens (including phenoxy) is 2. The average molecular weight is 406 g/mol. The predicted octanol–water partition coefficient (Wildman–Crippen LogP) is 3.03. The molecule has 4 rings (SSSR count). The van der Waals surface area contributed by atoms with E-state index < -0.39 is 0 Å². The molecule has 2 amide bonds. The predicted molar refractivity (Wildman–Crippen MR) is 112 cm³/mol. The summed E-state index contributed by atoms with van der Waals surface area (Å²) in [6.07, 6.45) is 5.36. The molecule has 0 saturated heterocycles. The quantitative estimate of drug-likeness (QED) is 0.629. The molecule has 1 saturated carbocycles. The number of amides is 2. The van der Waals surface area contributed by atoms with Crippen LogP contribution in [0.1, 0.15) is 33.6 Å². The molecule has 1 aliphatic rings. The zero-order chi connectivity index (χ0) is 21.1. The third-order valence-electron chi connectivity index (χ3n) is 4.80. The molecule has 0 unspecified atom stereocenters. The van der Waals surface area contributed by atoms with Gasteiger partial charge >= 0.3 is 0 Å². The Kier molecular flexibility index (Phi) is 5.38. The van der Waals surface area contributed by atoms with Crippen molar-refractivity contribution >= 4 is 17.5 Å². The van der Waals surface area contributed by atoms with Crippen molar-refractivity contribution in [3.8, 4) is 17.2 Å². The first-order valence-corrected chi connectivity index (χ1v) is 9.58. The van der Waals surface area contributed by atoms with Crippen LogP contribution >= 0.6 is 0 Å². The van der Waals surface area contributed by atoms with E-state index in [-0.39, 0.29) is 17.9 Å². The Morgan fingerprint density at radius 2 is 1.87 bits per heavy atom. The van der Waals surface area contributed by atoms with Gasteiger partial charge in [0.15, 0.2) is 11.5 Å². The number of hydrogen-bond donors (Lipinski definition) is 2.